The summed E-state index contributed by atoms with van der Waals surface area (Å²) < 4.78 is 57.4. The van der Waals surface area contributed by atoms with Gasteiger partial charge in [0.25, 0.3) is 5.91 Å². The van der Waals surface area contributed by atoms with Crippen LogP contribution in [0.4, 0.5) is 17.6 Å². The fourth-order valence-electron chi connectivity index (χ4n) is 2.38. The van der Waals surface area contributed by atoms with Crippen LogP contribution < -0.4 is 11.1 Å². The van der Waals surface area contributed by atoms with Crippen molar-refractivity contribution in [1.29, 1.82) is 5.41 Å². The molecule has 0 spiro atoms. The van der Waals surface area contributed by atoms with Crippen molar-refractivity contribution in [1.82, 2.24) is 5.32 Å². The Bertz CT molecular complexity index is 842. The van der Waals surface area contributed by atoms with Crippen LogP contribution in [0, 0.1) is 11.2 Å². The molecular weight excluding hydrogens is 402 g/mol. The Morgan fingerprint density at radius 1 is 1.21 bits per heavy atom. The number of methoxy groups -OCH3 is 1. The molecule has 0 fully saturated rings. The summed E-state index contributed by atoms with van der Waals surface area (Å²) in [4.78, 5) is 12.3. The molecule has 4 N–H and O–H groups in total. The monoisotopic (exact) mass is 419 g/mol. The first-order chi connectivity index (χ1) is 12.6. The predicted octanol–water partition coefficient (Wildman–Crippen LogP) is 3.55. The number of carbonyl (C=O) groups is 1. The molecule has 0 heterocycles. The first-order valence-electron chi connectivity index (χ1n) is 7.74. The van der Waals surface area contributed by atoms with Crippen molar-refractivity contribution in [2.24, 2.45) is 5.73 Å². The molecule has 1 atom stereocenters. The standard InChI is InChI=1S/C18H17F4N3O2.ClH/c1-27-15(13-8-12(18(20,21)22)6-7-14(13)19)17(26)25-9-10-2-4-11(5-3-10)16(23)24;/h2-8,15H,9H2,1H3,(H3,23,24)(H,25,26);1H/t15-;/m0./s1. The number of hydrogen-bond acceptors (Lipinski definition) is 3. The molecular formula is C18H18ClF4N3O2. The molecule has 0 radical (unpaired) electrons. The zero-order valence-corrected chi connectivity index (χ0v) is 15.5. The fourth-order valence-corrected chi connectivity index (χ4v) is 2.38. The summed E-state index contributed by atoms with van der Waals surface area (Å²) >= 11 is 0. The van der Waals surface area contributed by atoms with Crippen molar-refractivity contribution in [3.05, 3.63) is 70.5 Å². The lowest BCUT2D eigenvalue weighted by Crippen LogP contribution is -2.30. The summed E-state index contributed by atoms with van der Waals surface area (Å²) in [5, 5.41) is 9.80. The van der Waals surface area contributed by atoms with E-state index in [1.54, 1.807) is 24.3 Å². The van der Waals surface area contributed by atoms with E-state index in [1.165, 1.54) is 0 Å². The van der Waals surface area contributed by atoms with Gasteiger partial charge in [-0.2, -0.15) is 13.2 Å². The Morgan fingerprint density at radius 2 is 1.82 bits per heavy atom. The highest BCUT2D eigenvalue weighted by molar-refractivity contribution is 5.94. The normalized spacial score (nSPS) is 12.0. The second kappa shape index (κ2) is 9.52. The number of ether oxygens (including phenoxy) is 1. The Hall–Kier alpha value is -2.65. The molecule has 28 heavy (non-hydrogen) atoms. The average molecular weight is 420 g/mol. The summed E-state index contributed by atoms with van der Waals surface area (Å²) in [7, 11) is 1.10. The number of alkyl halides is 3. The Labute approximate surface area is 164 Å². The van der Waals surface area contributed by atoms with E-state index in [2.05, 4.69) is 5.32 Å². The summed E-state index contributed by atoms with van der Waals surface area (Å²) in [5.74, 6) is -1.87. The van der Waals surface area contributed by atoms with E-state index in [4.69, 9.17) is 15.9 Å². The van der Waals surface area contributed by atoms with Crippen molar-refractivity contribution < 1.29 is 27.1 Å². The zero-order valence-electron chi connectivity index (χ0n) is 14.6. The van der Waals surface area contributed by atoms with Crippen LogP contribution in [0.5, 0.6) is 0 Å². The number of carbonyl (C=O) groups excluding carboxylic acids is 1. The van der Waals surface area contributed by atoms with Gasteiger partial charge in [0, 0.05) is 24.8 Å². The third kappa shape index (κ3) is 5.67. The maximum atomic E-state index is 14.0. The van der Waals surface area contributed by atoms with Crippen LogP contribution in [0.3, 0.4) is 0 Å². The summed E-state index contributed by atoms with van der Waals surface area (Å²) in [6.45, 7) is 0.0391. The third-order valence-corrected chi connectivity index (χ3v) is 3.81. The third-order valence-electron chi connectivity index (χ3n) is 3.81. The van der Waals surface area contributed by atoms with Crippen molar-refractivity contribution in [3.8, 4) is 0 Å². The molecule has 0 bridgehead atoms. The highest BCUT2D eigenvalue weighted by atomic mass is 35.5. The number of amidine groups is 1. The van der Waals surface area contributed by atoms with Gasteiger partial charge in [-0.1, -0.05) is 24.3 Å². The van der Waals surface area contributed by atoms with Gasteiger partial charge in [-0.15, -0.1) is 12.4 Å². The number of nitrogen functional groups attached to an aromatic ring is 1. The molecule has 10 heteroatoms. The molecule has 152 valence electrons. The van der Waals surface area contributed by atoms with Gasteiger partial charge in [-0.3, -0.25) is 10.2 Å². The van der Waals surface area contributed by atoms with E-state index in [1.807, 2.05) is 0 Å². The molecule has 0 aromatic heterocycles. The molecule has 2 aromatic carbocycles. The lowest BCUT2D eigenvalue weighted by Gasteiger charge is -2.18. The first kappa shape index (κ1) is 23.4. The number of rotatable bonds is 6. The van der Waals surface area contributed by atoms with E-state index in [-0.39, 0.29) is 24.8 Å². The minimum Gasteiger partial charge on any atom is -0.384 e. The van der Waals surface area contributed by atoms with Gasteiger partial charge in [0.1, 0.15) is 11.7 Å². The number of hydrogen-bond donors (Lipinski definition) is 3. The zero-order chi connectivity index (χ0) is 20.2. The van der Waals surface area contributed by atoms with Gasteiger partial charge in [-0.25, -0.2) is 4.39 Å². The Balaban J connectivity index is 0.00000392. The second-order valence-electron chi connectivity index (χ2n) is 5.68. The second-order valence-corrected chi connectivity index (χ2v) is 5.68. The van der Waals surface area contributed by atoms with E-state index in [0.717, 1.165) is 7.11 Å². The molecule has 2 rings (SSSR count). The smallest absolute Gasteiger partial charge is 0.384 e. The molecule has 0 saturated heterocycles. The number of nitrogens with one attached hydrogen (secondary N) is 2. The van der Waals surface area contributed by atoms with Gasteiger partial charge in [-0.05, 0) is 23.8 Å². The van der Waals surface area contributed by atoms with Crippen molar-refractivity contribution >= 4 is 24.1 Å². The highest BCUT2D eigenvalue weighted by Gasteiger charge is 2.33. The van der Waals surface area contributed by atoms with Gasteiger partial charge < -0.3 is 15.8 Å². The van der Waals surface area contributed by atoms with E-state index in [0.29, 0.717) is 29.3 Å². The van der Waals surface area contributed by atoms with Crippen LogP contribution in [0.1, 0.15) is 28.4 Å². The number of amides is 1. The largest absolute Gasteiger partial charge is 0.416 e. The van der Waals surface area contributed by atoms with Gasteiger partial charge in [0.05, 0.1) is 5.56 Å². The van der Waals surface area contributed by atoms with E-state index < -0.39 is 35.1 Å². The number of benzene rings is 2. The molecule has 0 saturated carbocycles. The maximum Gasteiger partial charge on any atom is 0.416 e. The lowest BCUT2D eigenvalue weighted by atomic mass is 10.0. The summed E-state index contributed by atoms with van der Waals surface area (Å²) in [6.07, 6.45) is -6.21. The molecule has 5 nitrogen and oxygen atoms in total. The molecule has 0 unspecified atom stereocenters. The predicted molar refractivity (Wildman–Crippen MR) is 97.7 cm³/mol. The van der Waals surface area contributed by atoms with Crippen LogP contribution in [0.15, 0.2) is 42.5 Å². The van der Waals surface area contributed by atoms with E-state index in [9.17, 15) is 22.4 Å². The summed E-state index contributed by atoms with van der Waals surface area (Å²) in [5.41, 5.74) is 4.93. The lowest BCUT2D eigenvalue weighted by molar-refractivity contribution is -0.138. The molecule has 0 aliphatic carbocycles. The number of nitrogens with two attached hydrogens (primary N) is 1. The highest BCUT2D eigenvalue weighted by Crippen LogP contribution is 2.32. The first-order valence-corrected chi connectivity index (χ1v) is 7.74. The van der Waals surface area contributed by atoms with Crippen LogP contribution in [-0.2, 0) is 22.3 Å². The van der Waals surface area contributed by atoms with Crippen molar-refractivity contribution in [3.63, 3.8) is 0 Å². The van der Waals surface area contributed by atoms with Gasteiger partial charge in [0.2, 0.25) is 0 Å². The van der Waals surface area contributed by atoms with Crippen molar-refractivity contribution in [2.75, 3.05) is 7.11 Å². The van der Waals surface area contributed by atoms with Crippen LogP contribution in [-0.4, -0.2) is 18.9 Å². The molecule has 0 aliphatic rings. The minimum absolute atomic E-state index is 0. The van der Waals surface area contributed by atoms with E-state index >= 15 is 0 Å². The van der Waals surface area contributed by atoms with Gasteiger partial charge in [0.15, 0.2) is 6.10 Å². The maximum absolute atomic E-state index is 14.0. The Kier molecular flexibility index (Phi) is 7.95. The fraction of sp³-hybridized carbons (Fsp3) is 0.222. The van der Waals surface area contributed by atoms with Crippen LogP contribution in [0.2, 0.25) is 0 Å². The average Bonchev–Trinajstić information content (AvgIpc) is 2.61. The molecule has 1 amide bonds. The number of halogens is 5. The SMILES string of the molecule is CO[C@H](C(=O)NCc1ccc(C(=N)N)cc1)c1cc(C(F)(F)F)ccc1F.Cl. The minimum atomic E-state index is -4.67. The summed E-state index contributed by atoms with van der Waals surface area (Å²) in [6, 6.07) is 8.24. The molecule has 2 aromatic rings. The Morgan fingerprint density at radius 3 is 2.32 bits per heavy atom. The van der Waals surface area contributed by atoms with Gasteiger partial charge >= 0.3 is 6.18 Å². The van der Waals surface area contributed by atoms with Crippen molar-refractivity contribution in [2.45, 2.75) is 18.8 Å². The molecule has 0 aliphatic heterocycles. The van der Waals surface area contributed by atoms with Crippen LogP contribution >= 0.6 is 12.4 Å². The van der Waals surface area contributed by atoms with Crippen LogP contribution in [0.25, 0.3) is 0 Å². The quantitative estimate of drug-likeness (QED) is 0.380. The topological polar surface area (TPSA) is 88.2 Å².